The molecule has 1 aromatic heterocycles. The number of nitrogens with zero attached hydrogens (tertiary/aromatic N) is 2. The van der Waals surface area contributed by atoms with E-state index in [1.807, 2.05) is 0 Å². The van der Waals surface area contributed by atoms with Gasteiger partial charge in [0.15, 0.2) is 0 Å². The van der Waals surface area contributed by atoms with Gasteiger partial charge in [-0.05, 0) is 24.6 Å². The Balaban J connectivity index is 1.98. The predicted molar refractivity (Wildman–Crippen MR) is 59.9 cm³/mol. The number of hydrogen-bond donors (Lipinski definition) is 2. The standard InChI is InChI=1S/C11H11FN4O/c1-7-13-11(16-15-7)14-10(17)6-8-3-2-4-9(12)5-8/h2-5H,6H2,1H3,(H2,13,14,15,16,17). The highest BCUT2D eigenvalue weighted by atomic mass is 19.1. The lowest BCUT2D eigenvalue weighted by Gasteiger charge is -2.01. The fourth-order valence-corrected chi connectivity index (χ4v) is 1.40. The van der Waals surface area contributed by atoms with Crippen LogP contribution in [0.15, 0.2) is 24.3 Å². The zero-order valence-corrected chi connectivity index (χ0v) is 9.20. The number of aromatic amines is 1. The summed E-state index contributed by atoms with van der Waals surface area (Å²) in [7, 11) is 0. The van der Waals surface area contributed by atoms with Gasteiger partial charge in [-0.3, -0.25) is 15.2 Å². The maximum absolute atomic E-state index is 12.9. The van der Waals surface area contributed by atoms with Crippen LogP contribution in [0.3, 0.4) is 0 Å². The first-order valence-corrected chi connectivity index (χ1v) is 5.07. The van der Waals surface area contributed by atoms with Crippen molar-refractivity contribution in [3.8, 4) is 0 Å². The van der Waals surface area contributed by atoms with Gasteiger partial charge in [-0.2, -0.15) is 4.98 Å². The molecule has 0 bridgehead atoms. The Labute approximate surface area is 97.1 Å². The van der Waals surface area contributed by atoms with Crippen molar-refractivity contribution in [3.63, 3.8) is 0 Å². The number of halogens is 1. The third-order valence-corrected chi connectivity index (χ3v) is 2.10. The van der Waals surface area contributed by atoms with Crippen molar-refractivity contribution in [2.24, 2.45) is 0 Å². The molecular formula is C11H11FN4O. The van der Waals surface area contributed by atoms with Crippen LogP contribution >= 0.6 is 0 Å². The Kier molecular flexibility index (Phi) is 3.13. The van der Waals surface area contributed by atoms with Gasteiger partial charge in [0.2, 0.25) is 11.9 Å². The molecule has 0 fully saturated rings. The van der Waals surface area contributed by atoms with Crippen molar-refractivity contribution in [3.05, 3.63) is 41.5 Å². The van der Waals surface area contributed by atoms with Crippen LogP contribution < -0.4 is 5.32 Å². The average molecular weight is 234 g/mol. The minimum Gasteiger partial charge on any atom is -0.293 e. The average Bonchev–Trinajstić information content (AvgIpc) is 2.63. The number of aromatic nitrogens is 3. The van der Waals surface area contributed by atoms with Gasteiger partial charge in [0.05, 0.1) is 6.42 Å². The molecule has 2 N–H and O–H groups in total. The molecule has 0 saturated carbocycles. The molecule has 2 rings (SSSR count). The van der Waals surface area contributed by atoms with Crippen molar-refractivity contribution in [2.75, 3.05) is 5.32 Å². The van der Waals surface area contributed by atoms with Gasteiger partial charge < -0.3 is 0 Å². The molecule has 1 amide bonds. The predicted octanol–water partition coefficient (Wildman–Crippen LogP) is 1.43. The van der Waals surface area contributed by atoms with Crippen LogP contribution in [-0.4, -0.2) is 21.1 Å². The number of H-pyrrole nitrogens is 1. The number of anilines is 1. The van der Waals surface area contributed by atoms with Crippen LogP contribution in [0.2, 0.25) is 0 Å². The van der Waals surface area contributed by atoms with Crippen molar-refractivity contribution < 1.29 is 9.18 Å². The Morgan fingerprint density at radius 3 is 3.00 bits per heavy atom. The van der Waals surface area contributed by atoms with Gasteiger partial charge in [0, 0.05) is 0 Å². The Bertz CT molecular complexity index is 538. The van der Waals surface area contributed by atoms with Gasteiger partial charge >= 0.3 is 0 Å². The van der Waals surface area contributed by atoms with E-state index in [2.05, 4.69) is 20.5 Å². The first-order chi connectivity index (χ1) is 8.13. The summed E-state index contributed by atoms with van der Waals surface area (Å²) >= 11 is 0. The SMILES string of the molecule is Cc1nc(NC(=O)Cc2cccc(F)c2)n[nH]1. The quantitative estimate of drug-likeness (QED) is 0.844. The molecular weight excluding hydrogens is 223 g/mol. The molecule has 17 heavy (non-hydrogen) atoms. The highest BCUT2D eigenvalue weighted by Gasteiger charge is 2.07. The first kappa shape index (κ1) is 11.3. The lowest BCUT2D eigenvalue weighted by Crippen LogP contribution is -2.15. The van der Waals surface area contributed by atoms with Gasteiger partial charge in [-0.1, -0.05) is 12.1 Å². The second-order valence-electron chi connectivity index (χ2n) is 3.60. The highest BCUT2D eigenvalue weighted by Crippen LogP contribution is 2.05. The van der Waals surface area contributed by atoms with E-state index in [0.29, 0.717) is 11.4 Å². The van der Waals surface area contributed by atoms with Gasteiger partial charge in [0.1, 0.15) is 11.6 Å². The molecule has 0 aliphatic carbocycles. The van der Waals surface area contributed by atoms with Crippen LogP contribution in [0.1, 0.15) is 11.4 Å². The summed E-state index contributed by atoms with van der Waals surface area (Å²) in [5.74, 6) is 0.202. The van der Waals surface area contributed by atoms with E-state index in [-0.39, 0.29) is 24.1 Å². The summed E-state index contributed by atoms with van der Waals surface area (Å²) in [5, 5.41) is 8.90. The number of carbonyl (C=O) groups excluding carboxylic acids is 1. The third-order valence-electron chi connectivity index (χ3n) is 2.10. The number of nitrogens with one attached hydrogen (secondary N) is 2. The summed E-state index contributed by atoms with van der Waals surface area (Å²) in [5.41, 5.74) is 0.606. The van der Waals surface area contributed by atoms with Gasteiger partial charge in [-0.25, -0.2) is 4.39 Å². The molecule has 1 aromatic carbocycles. The number of amides is 1. The van der Waals surface area contributed by atoms with Crippen LogP contribution in [0, 0.1) is 12.7 Å². The van der Waals surface area contributed by atoms with Gasteiger partial charge in [0.25, 0.3) is 0 Å². The molecule has 0 atom stereocenters. The van der Waals surface area contributed by atoms with Crippen molar-refractivity contribution in [2.45, 2.75) is 13.3 Å². The summed E-state index contributed by atoms with van der Waals surface area (Å²) in [6.45, 7) is 1.73. The second kappa shape index (κ2) is 4.73. The van der Waals surface area contributed by atoms with Crippen LogP contribution in [0.5, 0.6) is 0 Å². The van der Waals surface area contributed by atoms with E-state index in [0.717, 1.165) is 0 Å². The molecule has 5 nitrogen and oxygen atoms in total. The topological polar surface area (TPSA) is 70.7 Å². The lowest BCUT2D eigenvalue weighted by atomic mass is 10.1. The van der Waals surface area contributed by atoms with E-state index in [9.17, 15) is 9.18 Å². The second-order valence-corrected chi connectivity index (χ2v) is 3.60. The number of carbonyl (C=O) groups is 1. The fourth-order valence-electron chi connectivity index (χ4n) is 1.40. The molecule has 88 valence electrons. The molecule has 1 heterocycles. The maximum atomic E-state index is 12.9. The zero-order valence-electron chi connectivity index (χ0n) is 9.20. The van der Waals surface area contributed by atoms with E-state index >= 15 is 0 Å². The summed E-state index contributed by atoms with van der Waals surface area (Å²) in [4.78, 5) is 15.5. The molecule has 0 saturated heterocycles. The molecule has 0 aliphatic rings. The molecule has 0 radical (unpaired) electrons. The largest absolute Gasteiger partial charge is 0.293 e. The van der Waals surface area contributed by atoms with E-state index in [4.69, 9.17) is 0 Å². The van der Waals surface area contributed by atoms with Crippen LogP contribution in [-0.2, 0) is 11.2 Å². The highest BCUT2D eigenvalue weighted by molar-refractivity contribution is 5.90. The summed E-state index contributed by atoms with van der Waals surface area (Å²) in [6, 6.07) is 5.91. The number of hydrogen-bond acceptors (Lipinski definition) is 3. The summed E-state index contributed by atoms with van der Waals surface area (Å²) in [6.07, 6.45) is 0.0886. The number of benzene rings is 1. The monoisotopic (exact) mass is 234 g/mol. The number of rotatable bonds is 3. The Morgan fingerprint density at radius 1 is 1.53 bits per heavy atom. The van der Waals surface area contributed by atoms with Crippen molar-refractivity contribution in [1.82, 2.24) is 15.2 Å². The zero-order chi connectivity index (χ0) is 12.3. The van der Waals surface area contributed by atoms with Crippen molar-refractivity contribution >= 4 is 11.9 Å². The number of aryl methyl sites for hydroxylation is 1. The van der Waals surface area contributed by atoms with E-state index < -0.39 is 0 Å². The maximum Gasteiger partial charge on any atom is 0.248 e. The normalized spacial score (nSPS) is 10.2. The molecule has 6 heteroatoms. The lowest BCUT2D eigenvalue weighted by molar-refractivity contribution is -0.115. The molecule has 2 aromatic rings. The summed E-state index contributed by atoms with van der Waals surface area (Å²) < 4.78 is 12.9. The van der Waals surface area contributed by atoms with Crippen LogP contribution in [0.4, 0.5) is 10.3 Å². The minimum atomic E-state index is -0.357. The van der Waals surface area contributed by atoms with E-state index in [1.165, 1.54) is 12.1 Å². The van der Waals surface area contributed by atoms with E-state index in [1.54, 1.807) is 19.1 Å². The molecule has 0 aliphatic heterocycles. The van der Waals surface area contributed by atoms with Crippen molar-refractivity contribution in [1.29, 1.82) is 0 Å². The Morgan fingerprint density at radius 2 is 2.35 bits per heavy atom. The molecule has 0 unspecified atom stereocenters. The van der Waals surface area contributed by atoms with Crippen LogP contribution in [0.25, 0.3) is 0 Å². The van der Waals surface area contributed by atoms with Gasteiger partial charge in [-0.15, -0.1) is 5.10 Å². The minimum absolute atomic E-state index is 0.0886. The fraction of sp³-hybridized carbons (Fsp3) is 0.182. The molecule has 0 spiro atoms. The smallest absolute Gasteiger partial charge is 0.248 e. The first-order valence-electron chi connectivity index (χ1n) is 5.07. The third kappa shape index (κ3) is 3.10. The Hall–Kier alpha value is -2.24.